The smallest absolute Gasteiger partial charge is 0.335 e. The molecule has 2 aromatic rings. The van der Waals surface area contributed by atoms with Crippen LogP contribution in [0.5, 0.6) is 0 Å². The van der Waals surface area contributed by atoms with Crippen molar-refractivity contribution in [1.29, 1.82) is 0 Å². The van der Waals surface area contributed by atoms with Crippen LogP contribution in [-0.2, 0) is 17.9 Å². The molecular formula is C14H16N2O4. The lowest BCUT2D eigenvalue weighted by Gasteiger charge is -2.13. The first kappa shape index (κ1) is 13.1. The number of carboxylic acid groups (broad SMARTS) is 1. The van der Waals surface area contributed by atoms with Crippen LogP contribution in [0.15, 0.2) is 18.2 Å². The number of benzene rings is 1. The number of hydrogen-bond donors (Lipinski definition) is 2. The normalized spacial score (nSPS) is 18.8. The van der Waals surface area contributed by atoms with Crippen molar-refractivity contribution in [2.24, 2.45) is 0 Å². The van der Waals surface area contributed by atoms with Crippen molar-refractivity contribution in [2.45, 2.75) is 32.1 Å². The maximum atomic E-state index is 11.0. The number of carbonyl (C=O) groups is 1. The number of imidazole rings is 1. The van der Waals surface area contributed by atoms with Gasteiger partial charge in [-0.2, -0.15) is 0 Å². The summed E-state index contributed by atoms with van der Waals surface area (Å²) in [4.78, 5) is 15.3. The van der Waals surface area contributed by atoms with Gasteiger partial charge in [-0.1, -0.05) is 0 Å². The molecule has 0 radical (unpaired) electrons. The van der Waals surface area contributed by atoms with Crippen LogP contribution in [-0.4, -0.2) is 38.4 Å². The molecule has 0 bridgehead atoms. The molecule has 1 aromatic carbocycles. The van der Waals surface area contributed by atoms with Crippen LogP contribution in [0.3, 0.4) is 0 Å². The van der Waals surface area contributed by atoms with Crippen LogP contribution in [0.1, 0.15) is 29.0 Å². The van der Waals surface area contributed by atoms with Gasteiger partial charge in [0.25, 0.3) is 0 Å². The second-order valence-corrected chi connectivity index (χ2v) is 4.94. The molecule has 1 fully saturated rings. The molecule has 2 N–H and O–H groups in total. The average molecular weight is 276 g/mol. The third-order valence-electron chi connectivity index (χ3n) is 3.63. The zero-order valence-corrected chi connectivity index (χ0v) is 11.0. The molecular weight excluding hydrogens is 260 g/mol. The summed E-state index contributed by atoms with van der Waals surface area (Å²) in [6.45, 7) is 1.23. The number of aliphatic hydroxyl groups excluding tert-OH is 1. The molecule has 0 saturated carbocycles. The van der Waals surface area contributed by atoms with Crippen molar-refractivity contribution in [3.05, 3.63) is 29.6 Å². The van der Waals surface area contributed by atoms with E-state index in [1.54, 1.807) is 12.1 Å². The van der Waals surface area contributed by atoms with Crippen LogP contribution in [0.2, 0.25) is 0 Å². The van der Waals surface area contributed by atoms with Crippen LogP contribution in [0.4, 0.5) is 0 Å². The van der Waals surface area contributed by atoms with E-state index >= 15 is 0 Å². The van der Waals surface area contributed by atoms with Crippen molar-refractivity contribution >= 4 is 17.0 Å². The van der Waals surface area contributed by atoms with Gasteiger partial charge >= 0.3 is 5.97 Å². The van der Waals surface area contributed by atoms with Gasteiger partial charge in [-0.25, -0.2) is 9.78 Å². The summed E-state index contributed by atoms with van der Waals surface area (Å²) in [6, 6.07) is 4.82. The second kappa shape index (κ2) is 5.22. The van der Waals surface area contributed by atoms with Crippen molar-refractivity contribution < 1.29 is 19.7 Å². The van der Waals surface area contributed by atoms with E-state index in [2.05, 4.69) is 4.98 Å². The van der Waals surface area contributed by atoms with E-state index in [4.69, 9.17) is 9.84 Å². The number of aromatic nitrogens is 2. The quantitative estimate of drug-likeness (QED) is 0.882. The van der Waals surface area contributed by atoms with E-state index in [9.17, 15) is 9.90 Å². The highest BCUT2D eigenvalue weighted by Crippen LogP contribution is 2.22. The topological polar surface area (TPSA) is 84.6 Å². The SMILES string of the molecule is O=C(O)c1ccc2c(c1)nc(CO)n2CC1CCCO1. The summed E-state index contributed by atoms with van der Waals surface area (Å²) in [7, 11) is 0. The van der Waals surface area contributed by atoms with Crippen molar-refractivity contribution in [1.82, 2.24) is 9.55 Å². The van der Waals surface area contributed by atoms with E-state index in [1.165, 1.54) is 6.07 Å². The average Bonchev–Trinajstić information content (AvgIpc) is 3.06. The Kier molecular flexibility index (Phi) is 3.42. The standard InChI is InChI=1S/C14H16N2O4/c17-8-13-15-11-6-9(14(18)19)3-4-12(11)16(13)7-10-2-1-5-20-10/h3-4,6,10,17H,1-2,5,7-8H2,(H,18,19). The Balaban J connectivity index is 2.02. The summed E-state index contributed by atoms with van der Waals surface area (Å²) in [6.07, 6.45) is 2.18. The zero-order valence-electron chi connectivity index (χ0n) is 11.0. The van der Waals surface area contributed by atoms with E-state index in [0.717, 1.165) is 25.0 Å². The number of fused-ring (bicyclic) bond motifs is 1. The van der Waals surface area contributed by atoms with Crippen LogP contribution in [0, 0.1) is 0 Å². The molecule has 1 atom stereocenters. The molecule has 1 aliphatic rings. The highest BCUT2D eigenvalue weighted by molar-refractivity contribution is 5.92. The largest absolute Gasteiger partial charge is 0.478 e. The molecule has 6 nitrogen and oxygen atoms in total. The Morgan fingerprint density at radius 3 is 3.00 bits per heavy atom. The number of aromatic carboxylic acids is 1. The van der Waals surface area contributed by atoms with Gasteiger partial charge < -0.3 is 19.5 Å². The van der Waals surface area contributed by atoms with E-state index in [-0.39, 0.29) is 18.3 Å². The maximum Gasteiger partial charge on any atom is 0.335 e. The summed E-state index contributed by atoms with van der Waals surface area (Å²) in [5.41, 5.74) is 1.62. The molecule has 3 rings (SSSR count). The lowest BCUT2D eigenvalue weighted by Crippen LogP contribution is -2.17. The maximum absolute atomic E-state index is 11.0. The lowest BCUT2D eigenvalue weighted by atomic mass is 10.2. The van der Waals surface area contributed by atoms with Gasteiger partial charge in [-0.15, -0.1) is 0 Å². The van der Waals surface area contributed by atoms with Gasteiger partial charge in [0.05, 0.1) is 29.2 Å². The van der Waals surface area contributed by atoms with Crippen molar-refractivity contribution in [3.8, 4) is 0 Å². The van der Waals surface area contributed by atoms with Gasteiger partial charge in [-0.05, 0) is 31.0 Å². The summed E-state index contributed by atoms with van der Waals surface area (Å²) >= 11 is 0. The first-order chi connectivity index (χ1) is 9.69. The third-order valence-corrected chi connectivity index (χ3v) is 3.63. The summed E-state index contributed by atoms with van der Waals surface area (Å²) < 4.78 is 7.53. The van der Waals surface area contributed by atoms with Gasteiger partial charge in [0.2, 0.25) is 0 Å². The number of aliphatic hydroxyl groups is 1. The molecule has 1 saturated heterocycles. The number of rotatable bonds is 4. The van der Waals surface area contributed by atoms with Gasteiger partial charge in [0.15, 0.2) is 0 Å². The van der Waals surface area contributed by atoms with Crippen molar-refractivity contribution in [2.75, 3.05) is 6.61 Å². The first-order valence-corrected chi connectivity index (χ1v) is 6.64. The molecule has 0 aliphatic carbocycles. The predicted molar refractivity (Wildman–Crippen MR) is 71.6 cm³/mol. The minimum Gasteiger partial charge on any atom is -0.478 e. The van der Waals surface area contributed by atoms with Gasteiger partial charge in [-0.3, -0.25) is 0 Å². The molecule has 1 aromatic heterocycles. The van der Waals surface area contributed by atoms with Crippen LogP contribution in [0.25, 0.3) is 11.0 Å². The summed E-state index contributed by atoms with van der Waals surface area (Å²) in [5, 5.41) is 18.4. The Labute approximate surface area is 115 Å². The molecule has 20 heavy (non-hydrogen) atoms. The molecule has 6 heteroatoms. The van der Waals surface area contributed by atoms with Crippen molar-refractivity contribution in [3.63, 3.8) is 0 Å². The molecule has 0 spiro atoms. The molecule has 1 unspecified atom stereocenters. The molecule has 0 amide bonds. The van der Waals surface area contributed by atoms with Gasteiger partial charge in [0, 0.05) is 6.61 Å². The minimum atomic E-state index is -0.980. The third kappa shape index (κ3) is 2.28. The molecule has 1 aliphatic heterocycles. The fourth-order valence-corrected chi connectivity index (χ4v) is 2.63. The Morgan fingerprint density at radius 1 is 1.50 bits per heavy atom. The van der Waals surface area contributed by atoms with Crippen LogP contribution < -0.4 is 0 Å². The lowest BCUT2D eigenvalue weighted by molar-refractivity contribution is 0.0697. The number of hydrogen-bond acceptors (Lipinski definition) is 4. The molecule has 2 heterocycles. The number of ether oxygens (including phenoxy) is 1. The monoisotopic (exact) mass is 276 g/mol. The Morgan fingerprint density at radius 2 is 2.35 bits per heavy atom. The fourth-order valence-electron chi connectivity index (χ4n) is 2.63. The Hall–Kier alpha value is -1.92. The molecule has 106 valence electrons. The highest BCUT2D eigenvalue weighted by atomic mass is 16.5. The summed E-state index contributed by atoms with van der Waals surface area (Å²) in [5.74, 6) is -0.441. The minimum absolute atomic E-state index is 0.136. The van der Waals surface area contributed by atoms with E-state index in [1.807, 2.05) is 4.57 Å². The second-order valence-electron chi connectivity index (χ2n) is 4.94. The zero-order chi connectivity index (χ0) is 14.1. The predicted octanol–water partition coefficient (Wildman–Crippen LogP) is 1.41. The Bertz CT molecular complexity index is 644. The number of carboxylic acids is 1. The van der Waals surface area contributed by atoms with E-state index in [0.29, 0.717) is 17.9 Å². The fraction of sp³-hybridized carbons (Fsp3) is 0.429. The number of nitrogens with zero attached hydrogens (tertiary/aromatic N) is 2. The van der Waals surface area contributed by atoms with E-state index < -0.39 is 5.97 Å². The van der Waals surface area contributed by atoms with Crippen LogP contribution >= 0.6 is 0 Å². The first-order valence-electron chi connectivity index (χ1n) is 6.64. The van der Waals surface area contributed by atoms with Gasteiger partial charge in [0.1, 0.15) is 12.4 Å². The highest BCUT2D eigenvalue weighted by Gasteiger charge is 2.20.